The predicted molar refractivity (Wildman–Crippen MR) is 77.3 cm³/mol. The molecule has 1 aromatic rings. The van der Waals surface area contributed by atoms with E-state index in [0.29, 0.717) is 18.0 Å². The van der Waals surface area contributed by atoms with E-state index in [2.05, 4.69) is 4.90 Å². The SMILES string of the molecule is CN1CCN(S(=O)(=O)c2ccc(/C=C/C#N)cc2)CC1. The molecular weight excluding hydrogens is 274 g/mol. The summed E-state index contributed by atoms with van der Waals surface area (Å²) < 4.78 is 26.4. The zero-order valence-electron chi connectivity index (χ0n) is 11.4. The quantitative estimate of drug-likeness (QED) is 0.784. The number of hydrogen-bond donors (Lipinski definition) is 0. The zero-order valence-corrected chi connectivity index (χ0v) is 12.2. The summed E-state index contributed by atoms with van der Waals surface area (Å²) in [4.78, 5) is 2.41. The van der Waals surface area contributed by atoms with Crippen LogP contribution in [-0.4, -0.2) is 50.8 Å². The largest absolute Gasteiger partial charge is 0.304 e. The fraction of sp³-hybridized carbons (Fsp3) is 0.357. The molecule has 1 saturated heterocycles. The van der Waals surface area contributed by atoms with Crippen LogP contribution in [0.4, 0.5) is 0 Å². The number of piperazine rings is 1. The molecule has 0 radical (unpaired) electrons. The summed E-state index contributed by atoms with van der Waals surface area (Å²) in [5.74, 6) is 0. The number of sulfonamides is 1. The van der Waals surface area contributed by atoms with Crippen LogP contribution >= 0.6 is 0 Å². The highest BCUT2D eigenvalue weighted by atomic mass is 32.2. The molecule has 1 heterocycles. The molecule has 0 aromatic heterocycles. The van der Waals surface area contributed by atoms with E-state index in [1.165, 1.54) is 10.4 Å². The van der Waals surface area contributed by atoms with Crippen LogP contribution in [0.3, 0.4) is 0 Å². The highest BCUT2D eigenvalue weighted by Gasteiger charge is 2.27. The summed E-state index contributed by atoms with van der Waals surface area (Å²) in [7, 11) is -1.42. The maximum Gasteiger partial charge on any atom is 0.243 e. The highest BCUT2D eigenvalue weighted by Crippen LogP contribution is 2.18. The van der Waals surface area contributed by atoms with Gasteiger partial charge in [0.15, 0.2) is 0 Å². The van der Waals surface area contributed by atoms with Crippen molar-refractivity contribution < 1.29 is 8.42 Å². The van der Waals surface area contributed by atoms with E-state index < -0.39 is 10.0 Å². The molecule has 106 valence electrons. The Morgan fingerprint density at radius 1 is 1.15 bits per heavy atom. The molecule has 1 aromatic carbocycles. The van der Waals surface area contributed by atoms with Crippen molar-refractivity contribution in [3.63, 3.8) is 0 Å². The first-order chi connectivity index (χ1) is 9.54. The molecule has 0 aliphatic carbocycles. The van der Waals surface area contributed by atoms with Crippen LogP contribution in [0.2, 0.25) is 0 Å². The van der Waals surface area contributed by atoms with Gasteiger partial charge in [-0.3, -0.25) is 0 Å². The summed E-state index contributed by atoms with van der Waals surface area (Å²) >= 11 is 0. The lowest BCUT2D eigenvalue weighted by Crippen LogP contribution is -2.46. The van der Waals surface area contributed by atoms with Gasteiger partial charge in [0.05, 0.1) is 11.0 Å². The summed E-state index contributed by atoms with van der Waals surface area (Å²) in [6, 6.07) is 8.49. The van der Waals surface area contributed by atoms with E-state index in [1.807, 2.05) is 13.1 Å². The molecule has 0 atom stereocenters. The van der Waals surface area contributed by atoms with Crippen molar-refractivity contribution in [2.75, 3.05) is 33.2 Å². The van der Waals surface area contributed by atoms with Crippen molar-refractivity contribution in [1.82, 2.24) is 9.21 Å². The zero-order chi connectivity index (χ0) is 14.6. The highest BCUT2D eigenvalue weighted by molar-refractivity contribution is 7.89. The number of allylic oxidation sites excluding steroid dienone is 1. The molecule has 0 spiro atoms. The second kappa shape index (κ2) is 6.18. The monoisotopic (exact) mass is 291 g/mol. The van der Waals surface area contributed by atoms with Gasteiger partial charge in [0.25, 0.3) is 0 Å². The van der Waals surface area contributed by atoms with E-state index in [9.17, 15) is 8.42 Å². The minimum Gasteiger partial charge on any atom is -0.304 e. The fourth-order valence-electron chi connectivity index (χ4n) is 2.06. The molecule has 0 amide bonds. The van der Waals surface area contributed by atoms with Crippen molar-refractivity contribution in [3.8, 4) is 6.07 Å². The average molecular weight is 291 g/mol. The molecule has 1 aliphatic heterocycles. The van der Waals surface area contributed by atoms with E-state index >= 15 is 0 Å². The van der Waals surface area contributed by atoms with Crippen molar-refractivity contribution >= 4 is 16.1 Å². The third kappa shape index (κ3) is 3.25. The van der Waals surface area contributed by atoms with Crippen molar-refractivity contribution in [2.45, 2.75) is 4.90 Å². The molecule has 0 N–H and O–H groups in total. The second-order valence-electron chi connectivity index (χ2n) is 4.74. The Bertz CT molecular complexity index is 621. The first-order valence-electron chi connectivity index (χ1n) is 6.39. The maximum absolute atomic E-state index is 12.5. The Labute approximate surface area is 119 Å². The number of hydrogen-bond acceptors (Lipinski definition) is 4. The normalized spacial score (nSPS) is 18.2. The lowest BCUT2D eigenvalue weighted by atomic mass is 10.2. The molecule has 0 bridgehead atoms. The van der Waals surface area contributed by atoms with E-state index in [-0.39, 0.29) is 0 Å². The molecule has 5 nitrogen and oxygen atoms in total. The molecular formula is C14H17N3O2S. The smallest absolute Gasteiger partial charge is 0.243 e. The lowest BCUT2D eigenvalue weighted by Gasteiger charge is -2.31. The van der Waals surface area contributed by atoms with Crippen molar-refractivity contribution in [3.05, 3.63) is 35.9 Å². The van der Waals surface area contributed by atoms with Crippen LogP contribution in [-0.2, 0) is 10.0 Å². The summed E-state index contributed by atoms with van der Waals surface area (Å²) in [6.45, 7) is 2.55. The summed E-state index contributed by atoms with van der Waals surface area (Å²) in [5.41, 5.74) is 0.809. The van der Waals surface area contributed by atoms with Gasteiger partial charge in [-0.1, -0.05) is 12.1 Å². The number of rotatable bonds is 3. The molecule has 6 heteroatoms. The minimum atomic E-state index is -3.41. The number of nitrogens with zero attached hydrogens (tertiary/aromatic N) is 3. The van der Waals surface area contributed by atoms with Gasteiger partial charge >= 0.3 is 0 Å². The van der Waals surface area contributed by atoms with Gasteiger partial charge in [-0.05, 0) is 30.8 Å². The molecule has 0 unspecified atom stereocenters. The lowest BCUT2D eigenvalue weighted by molar-refractivity contribution is 0.222. The Morgan fingerprint density at radius 3 is 2.30 bits per heavy atom. The fourth-order valence-corrected chi connectivity index (χ4v) is 3.48. The molecule has 1 fully saturated rings. The number of nitriles is 1. The maximum atomic E-state index is 12.5. The predicted octanol–water partition coefficient (Wildman–Crippen LogP) is 1.16. The first kappa shape index (κ1) is 14.7. The summed E-state index contributed by atoms with van der Waals surface area (Å²) in [5, 5.41) is 8.46. The molecule has 0 saturated carbocycles. The van der Waals surface area contributed by atoms with Gasteiger partial charge in [-0.25, -0.2) is 8.42 Å². The van der Waals surface area contributed by atoms with Crippen LogP contribution in [0.1, 0.15) is 5.56 Å². The molecule has 20 heavy (non-hydrogen) atoms. The van der Waals surface area contributed by atoms with Gasteiger partial charge in [-0.15, -0.1) is 0 Å². The van der Waals surface area contributed by atoms with Crippen LogP contribution in [0.25, 0.3) is 6.08 Å². The van der Waals surface area contributed by atoms with Gasteiger partial charge in [-0.2, -0.15) is 9.57 Å². The second-order valence-corrected chi connectivity index (χ2v) is 6.68. The van der Waals surface area contributed by atoms with Gasteiger partial charge in [0.1, 0.15) is 0 Å². The standard InChI is InChI=1S/C14H17N3O2S/c1-16-9-11-17(12-10-16)20(18,19)14-6-4-13(5-7-14)3-2-8-15/h2-7H,9-12H2,1H3/b3-2+. The Hall–Kier alpha value is -1.68. The Kier molecular flexibility index (Phi) is 4.55. The van der Waals surface area contributed by atoms with Crippen molar-refractivity contribution in [1.29, 1.82) is 5.26 Å². The molecule has 2 rings (SSSR count). The van der Waals surface area contributed by atoms with Gasteiger partial charge < -0.3 is 4.90 Å². The minimum absolute atomic E-state index is 0.302. The van der Waals surface area contributed by atoms with Crippen LogP contribution in [0.5, 0.6) is 0 Å². The summed E-state index contributed by atoms with van der Waals surface area (Å²) in [6.07, 6.45) is 3.01. The van der Waals surface area contributed by atoms with Crippen LogP contribution in [0.15, 0.2) is 35.2 Å². The van der Waals surface area contributed by atoms with Crippen LogP contribution < -0.4 is 0 Å². The third-order valence-electron chi connectivity index (χ3n) is 3.33. The van der Waals surface area contributed by atoms with Gasteiger partial charge in [0.2, 0.25) is 10.0 Å². The topological polar surface area (TPSA) is 64.4 Å². The average Bonchev–Trinajstić information content (AvgIpc) is 2.46. The number of likely N-dealkylation sites (N-methyl/N-ethyl adjacent to an activating group) is 1. The number of benzene rings is 1. The van der Waals surface area contributed by atoms with E-state index in [1.54, 1.807) is 30.3 Å². The van der Waals surface area contributed by atoms with Crippen LogP contribution in [0, 0.1) is 11.3 Å². The molecule has 1 aliphatic rings. The first-order valence-corrected chi connectivity index (χ1v) is 7.83. The van der Waals surface area contributed by atoms with Crippen molar-refractivity contribution in [2.24, 2.45) is 0 Å². The van der Waals surface area contributed by atoms with E-state index in [4.69, 9.17) is 5.26 Å². The Balaban J connectivity index is 2.18. The van der Waals surface area contributed by atoms with E-state index in [0.717, 1.165) is 18.7 Å². The Morgan fingerprint density at radius 2 is 1.75 bits per heavy atom. The third-order valence-corrected chi connectivity index (χ3v) is 5.24. The van der Waals surface area contributed by atoms with Gasteiger partial charge in [0, 0.05) is 32.3 Å².